The summed E-state index contributed by atoms with van der Waals surface area (Å²) in [6, 6.07) is 0.618. The number of hydrogen-bond acceptors (Lipinski definition) is 2. The van der Waals surface area contributed by atoms with Crippen LogP contribution in [0.25, 0.3) is 0 Å². The minimum atomic E-state index is 0.618. The largest absolute Gasteiger partial charge is 0.329 e. The predicted molar refractivity (Wildman–Crippen MR) is 66.9 cm³/mol. The van der Waals surface area contributed by atoms with E-state index in [4.69, 9.17) is 5.73 Å². The van der Waals surface area contributed by atoms with Crippen LogP contribution in [-0.4, -0.2) is 30.6 Å². The highest BCUT2D eigenvalue weighted by molar-refractivity contribution is 4.81. The summed E-state index contributed by atoms with van der Waals surface area (Å²) in [6.07, 6.45) is 5.35. The fourth-order valence-electron chi connectivity index (χ4n) is 2.71. The Balaban J connectivity index is 2.42. The van der Waals surface area contributed by atoms with Gasteiger partial charge >= 0.3 is 0 Å². The summed E-state index contributed by atoms with van der Waals surface area (Å²) in [5.74, 6) is 1.71. The zero-order valence-corrected chi connectivity index (χ0v) is 10.7. The molecule has 0 bridgehead atoms. The summed E-state index contributed by atoms with van der Waals surface area (Å²) in [4.78, 5) is 2.63. The van der Waals surface area contributed by atoms with E-state index in [-0.39, 0.29) is 0 Å². The number of rotatable bonds is 5. The second-order valence-electron chi connectivity index (χ2n) is 5.08. The molecule has 1 aliphatic rings. The number of nitrogens with zero attached hydrogens (tertiary/aromatic N) is 1. The molecule has 2 unspecified atom stereocenters. The van der Waals surface area contributed by atoms with Crippen molar-refractivity contribution in [3.05, 3.63) is 0 Å². The quantitative estimate of drug-likeness (QED) is 0.758. The molecule has 90 valence electrons. The molecule has 2 nitrogen and oxygen atoms in total. The molecule has 0 spiro atoms. The van der Waals surface area contributed by atoms with Crippen molar-refractivity contribution in [1.82, 2.24) is 4.90 Å². The summed E-state index contributed by atoms with van der Waals surface area (Å²) in [5.41, 5.74) is 5.91. The third kappa shape index (κ3) is 3.46. The molecule has 2 heteroatoms. The van der Waals surface area contributed by atoms with Gasteiger partial charge in [0.15, 0.2) is 0 Å². The van der Waals surface area contributed by atoms with Crippen molar-refractivity contribution in [2.24, 2.45) is 17.6 Å². The molecule has 1 aliphatic heterocycles. The van der Waals surface area contributed by atoms with Crippen LogP contribution in [0.5, 0.6) is 0 Å². The monoisotopic (exact) mass is 212 g/mol. The number of nitrogens with two attached hydrogens (primary N) is 1. The summed E-state index contributed by atoms with van der Waals surface area (Å²) in [6.45, 7) is 10.3. The molecule has 0 aliphatic carbocycles. The Kier molecular flexibility index (Phi) is 5.62. The SMILES string of the molecule is CCC1CCN(C(CN)C(C)CC)CC1. The molecule has 0 aromatic rings. The molecular formula is C13H28N2. The summed E-state index contributed by atoms with van der Waals surface area (Å²) < 4.78 is 0. The molecule has 0 saturated carbocycles. The van der Waals surface area contributed by atoms with Crippen LogP contribution in [0.15, 0.2) is 0 Å². The van der Waals surface area contributed by atoms with Gasteiger partial charge in [-0.1, -0.05) is 33.6 Å². The smallest absolute Gasteiger partial charge is 0.0243 e. The second kappa shape index (κ2) is 6.49. The van der Waals surface area contributed by atoms with Gasteiger partial charge in [-0.15, -0.1) is 0 Å². The van der Waals surface area contributed by atoms with Crippen molar-refractivity contribution < 1.29 is 0 Å². The maximum Gasteiger partial charge on any atom is 0.0243 e. The molecule has 2 atom stereocenters. The van der Waals surface area contributed by atoms with Crippen LogP contribution in [0, 0.1) is 11.8 Å². The number of hydrogen-bond donors (Lipinski definition) is 1. The highest BCUT2D eigenvalue weighted by atomic mass is 15.2. The fraction of sp³-hybridized carbons (Fsp3) is 1.00. The molecule has 1 heterocycles. The second-order valence-corrected chi connectivity index (χ2v) is 5.08. The first kappa shape index (κ1) is 13.0. The third-order valence-corrected chi connectivity index (χ3v) is 4.24. The zero-order valence-electron chi connectivity index (χ0n) is 10.7. The third-order valence-electron chi connectivity index (χ3n) is 4.24. The molecule has 2 N–H and O–H groups in total. The summed E-state index contributed by atoms with van der Waals surface area (Å²) in [7, 11) is 0. The topological polar surface area (TPSA) is 29.3 Å². The standard InChI is InChI=1S/C13H28N2/c1-4-11(3)13(10-14)15-8-6-12(5-2)7-9-15/h11-13H,4-10,14H2,1-3H3. The van der Waals surface area contributed by atoms with Crippen LogP contribution in [0.3, 0.4) is 0 Å². The molecule has 0 aromatic heterocycles. The lowest BCUT2D eigenvalue weighted by molar-refractivity contribution is 0.101. The van der Waals surface area contributed by atoms with E-state index in [9.17, 15) is 0 Å². The first-order chi connectivity index (χ1) is 7.22. The Morgan fingerprint density at radius 1 is 1.27 bits per heavy atom. The summed E-state index contributed by atoms with van der Waals surface area (Å²) in [5, 5.41) is 0. The van der Waals surface area contributed by atoms with E-state index < -0.39 is 0 Å². The first-order valence-corrected chi connectivity index (χ1v) is 6.67. The van der Waals surface area contributed by atoms with E-state index in [0.29, 0.717) is 6.04 Å². The van der Waals surface area contributed by atoms with Gasteiger partial charge in [-0.2, -0.15) is 0 Å². The Hall–Kier alpha value is -0.0800. The maximum absolute atomic E-state index is 5.91. The van der Waals surface area contributed by atoms with Gasteiger partial charge in [-0.3, -0.25) is 4.90 Å². The Morgan fingerprint density at radius 2 is 1.87 bits per heavy atom. The average molecular weight is 212 g/mol. The van der Waals surface area contributed by atoms with E-state index in [1.54, 1.807) is 0 Å². The van der Waals surface area contributed by atoms with E-state index in [0.717, 1.165) is 18.4 Å². The normalized spacial score (nSPS) is 24.0. The molecule has 0 radical (unpaired) electrons. The summed E-state index contributed by atoms with van der Waals surface area (Å²) >= 11 is 0. The van der Waals surface area contributed by atoms with Crippen molar-refractivity contribution in [1.29, 1.82) is 0 Å². The van der Waals surface area contributed by atoms with Gasteiger partial charge in [0.25, 0.3) is 0 Å². The lowest BCUT2D eigenvalue weighted by Crippen LogP contribution is -2.48. The Bertz CT molecular complexity index is 162. The van der Waals surface area contributed by atoms with Crippen LogP contribution >= 0.6 is 0 Å². The van der Waals surface area contributed by atoms with Gasteiger partial charge in [-0.05, 0) is 37.8 Å². The van der Waals surface area contributed by atoms with Crippen LogP contribution < -0.4 is 5.73 Å². The van der Waals surface area contributed by atoms with Crippen molar-refractivity contribution in [2.45, 2.75) is 52.5 Å². The van der Waals surface area contributed by atoms with Gasteiger partial charge in [0.1, 0.15) is 0 Å². The molecule has 15 heavy (non-hydrogen) atoms. The van der Waals surface area contributed by atoms with Gasteiger partial charge in [0.05, 0.1) is 0 Å². The first-order valence-electron chi connectivity index (χ1n) is 6.67. The minimum Gasteiger partial charge on any atom is -0.329 e. The lowest BCUT2D eigenvalue weighted by Gasteiger charge is -2.39. The average Bonchev–Trinajstić information content (AvgIpc) is 2.30. The van der Waals surface area contributed by atoms with Gasteiger partial charge < -0.3 is 5.73 Å². The molecule has 1 rings (SSSR count). The molecule has 0 amide bonds. The Labute approximate surface area is 95.2 Å². The molecule has 1 saturated heterocycles. The molecule has 1 fully saturated rings. The minimum absolute atomic E-state index is 0.618. The molecular weight excluding hydrogens is 184 g/mol. The number of piperidine rings is 1. The molecule has 0 aromatic carbocycles. The van der Waals surface area contributed by atoms with E-state index in [2.05, 4.69) is 25.7 Å². The van der Waals surface area contributed by atoms with Crippen molar-refractivity contribution in [3.63, 3.8) is 0 Å². The fourth-order valence-corrected chi connectivity index (χ4v) is 2.71. The van der Waals surface area contributed by atoms with Crippen molar-refractivity contribution >= 4 is 0 Å². The highest BCUT2D eigenvalue weighted by Crippen LogP contribution is 2.24. The zero-order chi connectivity index (χ0) is 11.3. The van der Waals surface area contributed by atoms with Crippen LogP contribution in [0.4, 0.5) is 0 Å². The van der Waals surface area contributed by atoms with Crippen molar-refractivity contribution in [2.75, 3.05) is 19.6 Å². The lowest BCUT2D eigenvalue weighted by atomic mass is 9.90. The van der Waals surface area contributed by atoms with E-state index in [1.165, 1.54) is 38.8 Å². The van der Waals surface area contributed by atoms with Crippen molar-refractivity contribution in [3.8, 4) is 0 Å². The number of likely N-dealkylation sites (tertiary alicyclic amines) is 1. The predicted octanol–water partition coefficient (Wildman–Crippen LogP) is 2.48. The van der Waals surface area contributed by atoms with Gasteiger partial charge in [0, 0.05) is 12.6 Å². The highest BCUT2D eigenvalue weighted by Gasteiger charge is 2.26. The van der Waals surface area contributed by atoms with Crippen LogP contribution in [0.1, 0.15) is 46.5 Å². The van der Waals surface area contributed by atoms with Gasteiger partial charge in [0.2, 0.25) is 0 Å². The van der Waals surface area contributed by atoms with Crippen LogP contribution in [-0.2, 0) is 0 Å². The van der Waals surface area contributed by atoms with E-state index >= 15 is 0 Å². The van der Waals surface area contributed by atoms with E-state index in [1.807, 2.05) is 0 Å². The Morgan fingerprint density at radius 3 is 2.27 bits per heavy atom. The van der Waals surface area contributed by atoms with Crippen LogP contribution in [0.2, 0.25) is 0 Å². The van der Waals surface area contributed by atoms with Gasteiger partial charge in [-0.25, -0.2) is 0 Å². The maximum atomic E-state index is 5.91.